The van der Waals surface area contributed by atoms with Crippen molar-refractivity contribution in [1.82, 2.24) is 20.3 Å². The van der Waals surface area contributed by atoms with E-state index in [1.165, 1.54) is 11.1 Å². The summed E-state index contributed by atoms with van der Waals surface area (Å²) >= 11 is 0. The highest BCUT2D eigenvalue weighted by molar-refractivity contribution is 7.91. The number of oxime groups is 1. The standard InChI is InChI=1S/C34H47N5O8S/c1-5-11-23-19-34(23,31(42)38-48(44,45)26-16-17-26)37-29(40)27-18-25(47-35-20-22-12-7-6-8-13-22)21-39(27)30(41)28(33(2,3)4)36-32(43)46-24-14-9-10-15-24/h5-8,12-13,20,23-28H,1,9-11,14-19,21H2,2-4H3,(H,36,43)(H,37,40)(H,38,42)/b35-20+/t23-,25-,27+,28-,34-/m1/s1. The molecule has 0 aromatic heterocycles. The first-order valence-electron chi connectivity index (χ1n) is 16.7. The van der Waals surface area contributed by atoms with Crippen LogP contribution in [0, 0.1) is 11.3 Å². The fraction of sp³-hybridized carbons (Fsp3) is 0.618. The number of carbonyl (C=O) groups is 4. The van der Waals surface area contributed by atoms with Crippen LogP contribution >= 0.6 is 0 Å². The number of carbonyl (C=O) groups excluding carboxylic acids is 4. The number of alkyl carbamates (subject to hydrolysis) is 1. The molecule has 1 aromatic carbocycles. The molecule has 3 N–H and O–H groups in total. The maximum Gasteiger partial charge on any atom is 0.408 e. The Balaban J connectivity index is 1.36. The first kappa shape index (κ1) is 35.4. The maximum absolute atomic E-state index is 14.3. The highest BCUT2D eigenvalue weighted by atomic mass is 32.2. The number of benzene rings is 1. The lowest BCUT2D eigenvalue weighted by Gasteiger charge is -2.35. The van der Waals surface area contributed by atoms with E-state index in [2.05, 4.69) is 27.1 Å². The van der Waals surface area contributed by atoms with Crippen LogP contribution in [0.15, 0.2) is 48.1 Å². The Morgan fingerprint density at radius 2 is 1.77 bits per heavy atom. The molecule has 48 heavy (non-hydrogen) atoms. The van der Waals surface area contributed by atoms with Crippen LogP contribution in [0.5, 0.6) is 0 Å². The van der Waals surface area contributed by atoms with Crippen LogP contribution < -0.4 is 15.4 Å². The number of nitrogens with zero attached hydrogens (tertiary/aromatic N) is 2. The smallest absolute Gasteiger partial charge is 0.408 e. The fourth-order valence-electron chi connectivity index (χ4n) is 6.49. The predicted octanol–water partition coefficient (Wildman–Crippen LogP) is 3.15. The van der Waals surface area contributed by atoms with Gasteiger partial charge in [-0.25, -0.2) is 13.2 Å². The Morgan fingerprint density at radius 3 is 2.40 bits per heavy atom. The van der Waals surface area contributed by atoms with Gasteiger partial charge in [-0.1, -0.05) is 62.3 Å². The summed E-state index contributed by atoms with van der Waals surface area (Å²) in [6.07, 6.45) is 6.63. The van der Waals surface area contributed by atoms with E-state index < -0.39 is 68.2 Å². The lowest BCUT2D eigenvalue weighted by molar-refractivity contribution is -0.143. The van der Waals surface area contributed by atoms with Gasteiger partial charge in [0.1, 0.15) is 29.8 Å². The topological polar surface area (TPSA) is 173 Å². The van der Waals surface area contributed by atoms with Gasteiger partial charge in [0.2, 0.25) is 21.8 Å². The average molecular weight is 686 g/mol. The Labute approximate surface area is 282 Å². The summed E-state index contributed by atoms with van der Waals surface area (Å²) in [6, 6.07) is 7.13. The molecule has 13 nitrogen and oxygen atoms in total. The minimum Gasteiger partial charge on any atom is -0.446 e. The zero-order valence-electron chi connectivity index (χ0n) is 27.9. The highest BCUT2D eigenvalue weighted by Gasteiger charge is 2.62. The van der Waals surface area contributed by atoms with Crippen molar-refractivity contribution in [2.75, 3.05) is 6.54 Å². The number of nitrogens with one attached hydrogen (secondary N) is 3. The van der Waals surface area contributed by atoms with Gasteiger partial charge in [0.15, 0.2) is 0 Å². The third kappa shape index (κ3) is 8.37. The molecule has 1 saturated heterocycles. The molecule has 14 heteroatoms. The van der Waals surface area contributed by atoms with Gasteiger partial charge in [0.05, 0.1) is 18.0 Å². The molecular weight excluding hydrogens is 638 g/mol. The fourth-order valence-corrected chi connectivity index (χ4v) is 7.86. The summed E-state index contributed by atoms with van der Waals surface area (Å²) in [7, 11) is -3.87. The molecular formula is C34H47N5O8S. The van der Waals surface area contributed by atoms with E-state index in [0.717, 1.165) is 31.2 Å². The first-order chi connectivity index (χ1) is 22.7. The van der Waals surface area contributed by atoms with Gasteiger partial charge in [0.25, 0.3) is 5.91 Å². The van der Waals surface area contributed by atoms with Crippen LogP contribution in [-0.2, 0) is 34.0 Å². The summed E-state index contributed by atoms with van der Waals surface area (Å²) in [6.45, 7) is 9.14. The van der Waals surface area contributed by atoms with Gasteiger partial charge in [-0.15, -0.1) is 6.58 Å². The van der Waals surface area contributed by atoms with E-state index in [1.54, 1.807) is 26.8 Å². The SMILES string of the molecule is C=CC[C@@H]1C[C@]1(NC(=O)[C@@H]1C[C@@H](O/N=C/c2ccccc2)CN1C(=O)[C@@H](NC(=O)OC1CCCC1)C(C)(C)C)C(=O)NS(=O)(=O)C1CC1. The second-order valence-electron chi connectivity index (χ2n) is 14.4. The van der Waals surface area contributed by atoms with E-state index in [9.17, 15) is 27.6 Å². The molecule has 1 heterocycles. The zero-order chi connectivity index (χ0) is 34.7. The molecule has 1 aromatic rings. The Bertz CT molecular complexity index is 1520. The van der Waals surface area contributed by atoms with E-state index in [0.29, 0.717) is 19.3 Å². The molecule has 1 aliphatic heterocycles. The highest BCUT2D eigenvalue weighted by Crippen LogP contribution is 2.47. The Hall–Kier alpha value is -3.94. The van der Waals surface area contributed by atoms with Crippen LogP contribution in [0.4, 0.5) is 4.79 Å². The predicted molar refractivity (Wildman–Crippen MR) is 178 cm³/mol. The molecule has 5 rings (SSSR count). The third-order valence-electron chi connectivity index (χ3n) is 9.52. The number of allylic oxidation sites excluding steroid dienone is 1. The van der Waals surface area contributed by atoms with Gasteiger partial charge < -0.3 is 25.1 Å². The second-order valence-corrected chi connectivity index (χ2v) is 16.4. The number of rotatable bonds is 13. The molecule has 3 saturated carbocycles. The Morgan fingerprint density at radius 1 is 1.08 bits per heavy atom. The average Bonchev–Trinajstić information content (AvgIpc) is 3.90. The lowest BCUT2D eigenvalue weighted by Crippen LogP contribution is -2.60. The largest absolute Gasteiger partial charge is 0.446 e. The van der Waals surface area contributed by atoms with Crippen molar-refractivity contribution < 1.29 is 37.2 Å². The minimum atomic E-state index is -3.87. The van der Waals surface area contributed by atoms with Crippen molar-refractivity contribution in [3.8, 4) is 0 Å². The van der Waals surface area contributed by atoms with Crippen molar-refractivity contribution >= 4 is 40.1 Å². The normalized spacial score (nSPS) is 26.5. The summed E-state index contributed by atoms with van der Waals surface area (Å²) in [4.78, 5) is 61.9. The lowest BCUT2D eigenvalue weighted by atomic mass is 9.85. The summed E-state index contributed by atoms with van der Waals surface area (Å²) in [5.74, 6) is -2.31. The summed E-state index contributed by atoms with van der Waals surface area (Å²) in [5.41, 5.74) is -1.44. The first-order valence-corrected chi connectivity index (χ1v) is 18.3. The number of ether oxygens (including phenoxy) is 1. The number of sulfonamides is 1. The van der Waals surface area contributed by atoms with Crippen LogP contribution in [0.3, 0.4) is 0 Å². The quantitative estimate of drug-likeness (QED) is 0.161. The van der Waals surface area contributed by atoms with E-state index in [4.69, 9.17) is 9.57 Å². The number of amides is 4. The van der Waals surface area contributed by atoms with E-state index >= 15 is 0 Å². The molecule has 4 fully saturated rings. The number of likely N-dealkylation sites (tertiary alicyclic amines) is 1. The molecule has 0 spiro atoms. The van der Waals surface area contributed by atoms with Gasteiger partial charge in [-0.3, -0.25) is 19.1 Å². The zero-order valence-corrected chi connectivity index (χ0v) is 28.7. The number of hydrogen-bond acceptors (Lipinski definition) is 9. The van der Waals surface area contributed by atoms with Crippen LogP contribution in [0.25, 0.3) is 0 Å². The van der Waals surface area contributed by atoms with Crippen LogP contribution in [0.1, 0.15) is 84.1 Å². The summed E-state index contributed by atoms with van der Waals surface area (Å²) < 4.78 is 33.1. The van der Waals surface area contributed by atoms with Crippen molar-refractivity contribution in [2.45, 2.75) is 114 Å². The summed E-state index contributed by atoms with van der Waals surface area (Å²) in [5, 5.41) is 9.04. The molecule has 3 aliphatic carbocycles. The van der Waals surface area contributed by atoms with Crippen molar-refractivity contribution in [1.29, 1.82) is 0 Å². The van der Waals surface area contributed by atoms with Gasteiger partial charge in [-0.2, -0.15) is 0 Å². The van der Waals surface area contributed by atoms with Gasteiger partial charge in [-0.05, 0) is 68.3 Å². The third-order valence-corrected chi connectivity index (χ3v) is 11.3. The minimum absolute atomic E-state index is 0.0136. The monoisotopic (exact) mass is 685 g/mol. The molecule has 0 radical (unpaired) electrons. The van der Waals surface area contributed by atoms with Gasteiger partial charge in [0, 0.05) is 6.42 Å². The molecule has 5 atom stereocenters. The van der Waals surface area contributed by atoms with Crippen LogP contribution in [0.2, 0.25) is 0 Å². The molecule has 4 amide bonds. The molecule has 4 aliphatic rings. The maximum atomic E-state index is 14.3. The van der Waals surface area contributed by atoms with Crippen molar-refractivity contribution in [3.05, 3.63) is 48.6 Å². The van der Waals surface area contributed by atoms with Crippen LogP contribution in [-0.4, -0.2) is 85.0 Å². The van der Waals surface area contributed by atoms with E-state index in [-0.39, 0.29) is 31.4 Å². The molecule has 0 unspecified atom stereocenters. The Kier molecular flexibility index (Phi) is 10.5. The van der Waals surface area contributed by atoms with Crippen molar-refractivity contribution in [3.63, 3.8) is 0 Å². The van der Waals surface area contributed by atoms with Gasteiger partial charge >= 0.3 is 6.09 Å². The second kappa shape index (κ2) is 14.3. The van der Waals surface area contributed by atoms with E-state index in [1.807, 2.05) is 30.3 Å². The van der Waals surface area contributed by atoms with Crippen molar-refractivity contribution in [2.24, 2.45) is 16.5 Å². The molecule has 262 valence electrons. The molecule has 0 bridgehead atoms. The number of hydrogen-bond donors (Lipinski definition) is 3.